The molecule has 1 aromatic heterocycles. The van der Waals surface area contributed by atoms with Crippen molar-refractivity contribution in [2.24, 2.45) is 0 Å². The van der Waals surface area contributed by atoms with Crippen LogP contribution in [-0.4, -0.2) is 17.0 Å². The van der Waals surface area contributed by atoms with Crippen molar-refractivity contribution in [1.82, 2.24) is 0 Å². The van der Waals surface area contributed by atoms with Gasteiger partial charge in [-0.15, -0.1) is 0 Å². The lowest BCUT2D eigenvalue weighted by molar-refractivity contribution is 0.0698. The van der Waals surface area contributed by atoms with Gasteiger partial charge >= 0.3 is 5.97 Å². The van der Waals surface area contributed by atoms with E-state index in [1.807, 2.05) is 0 Å². The first-order valence-electron chi connectivity index (χ1n) is 5.37. The molecule has 1 heterocycles. The molecule has 2 rings (SSSR count). The Morgan fingerprint density at radius 1 is 1.26 bits per heavy atom. The Labute approximate surface area is 117 Å². The molecule has 0 spiro atoms. The van der Waals surface area contributed by atoms with Crippen molar-refractivity contribution in [2.75, 3.05) is 5.32 Å². The topological polar surface area (TPSA) is 79.5 Å². The van der Waals surface area contributed by atoms with E-state index >= 15 is 0 Å². The van der Waals surface area contributed by atoms with Crippen LogP contribution in [0.2, 0.25) is 0 Å². The molecule has 0 saturated carbocycles. The fraction of sp³-hybridized carbons (Fsp3) is 0.0769. The maximum Gasteiger partial charge on any atom is 0.337 e. The Morgan fingerprint density at radius 2 is 2.00 bits per heavy atom. The lowest BCUT2D eigenvalue weighted by Crippen LogP contribution is -2.14. The van der Waals surface area contributed by atoms with E-state index in [-0.39, 0.29) is 11.3 Å². The molecular weight excluding hydrogens is 314 g/mol. The maximum absolute atomic E-state index is 12.0. The number of anilines is 1. The Morgan fingerprint density at radius 3 is 2.58 bits per heavy atom. The summed E-state index contributed by atoms with van der Waals surface area (Å²) in [7, 11) is 0. The highest BCUT2D eigenvalue weighted by atomic mass is 79.9. The number of nitrogens with one attached hydrogen (secondary N) is 1. The molecule has 0 radical (unpaired) electrons. The van der Waals surface area contributed by atoms with E-state index in [1.165, 1.54) is 18.4 Å². The van der Waals surface area contributed by atoms with E-state index in [2.05, 4.69) is 21.2 Å². The van der Waals surface area contributed by atoms with Gasteiger partial charge in [0.2, 0.25) is 0 Å². The molecule has 6 heteroatoms. The lowest BCUT2D eigenvalue weighted by atomic mass is 10.1. The van der Waals surface area contributed by atoms with Crippen molar-refractivity contribution in [3.63, 3.8) is 0 Å². The second kappa shape index (κ2) is 5.27. The molecule has 98 valence electrons. The molecule has 1 amide bonds. The van der Waals surface area contributed by atoms with Gasteiger partial charge in [0.1, 0.15) is 0 Å². The third-order valence-electron chi connectivity index (χ3n) is 2.52. The average Bonchev–Trinajstić information content (AvgIpc) is 2.77. The van der Waals surface area contributed by atoms with Crippen molar-refractivity contribution in [2.45, 2.75) is 6.92 Å². The molecule has 0 unspecified atom stereocenters. The number of amides is 1. The number of carboxylic acid groups (broad SMARTS) is 1. The standard InChI is InChI=1S/C13H10BrNO4/c1-7-2-3-10(9(6-7)13(17)18)15-12(16)8-4-5-19-11(8)14/h2-6H,1H3,(H,15,16)(H,17,18). The fourth-order valence-electron chi connectivity index (χ4n) is 1.59. The first-order chi connectivity index (χ1) is 8.99. The lowest BCUT2D eigenvalue weighted by Gasteiger charge is -2.08. The van der Waals surface area contributed by atoms with Gasteiger partial charge in [0.15, 0.2) is 4.67 Å². The van der Waals surface area contributed by atoms with Crippen molar-refractivity contribution < 1.29 is 19.1 Å². The van der Waals surface area contributed by atoms with Crippen LogP contribution >= 0.6 is 15.9 Å². The van der Waals surface area contributed by atoms with E-state index in [9.17, 15) is 9.59 Å². The smallest absolute Gasteiger partial charge is 0.337 e. The molecule has 0 aliphatic heterocycles. The predicted molar refractivity (Wildman–Crippen MR) is 72.5 cm³/mol. The van der Waals surface area contributed by atoms with Crippen LogP contribution in [0, 0.1) is 6.92 Å². The first-order valence-corrected chi connectivity index (χ1v) is 6.16. The summed E-state index contributed by atoms with van der Waals surface area (Å²) in [6.45, 7) is 1.78. The second-order valence-corrected chi connectivity index (χ2v) is 4.64. The van der Waals surface area contributed by atoms with Gasteiger partial charge in [0, 0.05) is 0 Å². The largest absolute Gasteiger partial charge is 0.478 e. The predicted octanol–water partition coefficient (Wildman–Crippen LogP) is 3.30. The summed E-state index contributed by atoms with van der Waals surface area (Å²) in [5.41, 5.74) is 1.40. The van der Waals surface area contributed by atoms with Gasteiger partial charge in [-0.25, -0.2) is 4.79 Å². The van der Waals surface area contributed by atoms with Gasteiger partial charge in [0.25, 0.3) is 5.91 Å². The van der Waals surface area contributed by atoms with Crippen molar-refractivity contribution in [3.8, 4) is 0 Å². The number of carboxylic acids is 1. The summed E-state index contributed by atoms with van der Waals surface area (Å²) in [5.74, 6) is -1.53. The normalized spacial score (nSPS) is 10.2. The van der Waals surface area contributed by atoms with Gasteiger partial charge in [-0.05, 0) is 41.1 Å². The molecule has 19 heavy (non-hydrogen) atoms. The summed E-state index contributed by atoms with van der Waals surface area (Å²) in [5, 5.41) is 11.7. The Hall–Kier alpha value is -2.08. The van der Waals surface area contributed by atoms with Crippen molar-refractivity contribution >= 4 is 33.5 Å². The number of halogens is 1. The van der Waals surface area contributed by atoms with E-state index in [1.54, 1.807) is 19.1 Å². The zero-order valence-electron chi connectivity index (χ0n) is 9.94. The molecule has 2 N–H and O–H groups in total. The van der Waals surface area contributed by atoms with Crippen molar-refractivity contribution in [1.29, 1.82) is 0 Å². The summed E-state index contributed by atoms with van der Waals surface area (Å²) in [4.78, 5) is 23.1. The Bertz CT molecular complexity index is 648. The minimum absolute atomic E-state index is 0.0490. The van der Waals surface area contributed by atoms with Crippen LogP contribution < -0.4 is 5.32 Å². The molecule has 0 fully saturated rings. The van der Waals surface area contributed by atoms with E-state index in [4.69, 9.17) is 9.52 Å². The van der Waals surface area contributed by atoms with Crippen LogP contribution in [0.3, 0.4) is 0 Å². The van der Waals surface area contributed by atoms with Gasteiger partial charge < -0.3 is 14.8 Å². The summed E-state index contributed by atoms with van der Waals surface area (Å²) in [6.07, 6.45) is 1.37. The van der Waals surface area contributed by atoms with Crippen LogP contribution in [-0.2, 0) is 0 Å². The van der Waals surface area contributed by atoms with Crippen LogP contribution in [0.5, 0.6) is 0 Å². The summed E-state index contributed by atoms with van der Waals surface area (Å²) < 4.78 is 5.26. The minimum Gasteiger partial charge on any atom is -0.478 e. The molecule has 5 nitrogen and oxygen atoms in total. The Balaban J connectivity index is 2.32. The Kier molecular flexibility index (Phi) is 3.71. The molecule has 0 aliphatic carbocycles. The fourth-order valence-corrected chi connectivity index (χ4v) is 2.01. The second-order valence-electron chi connectivity index (χ2n) is 3.92. The molecular formula is C13H10BrNO4. The zero-order valence-corrected chi connectivity index (χ0v) is 11.5. The molecule has 0 aliphatic rings. The summed E-state index contributed by atoms with van der Waals surface area (Å²) >= 11 is 3.10. The van der Waals surface area contributed by atoms with Gasteiger partial charge in [-0.3, -0.25) is 4.79 Å². The number of rotatable bonds is 3. The monoisotopic (exact) mass is 323 g/mol. The van der Waals surface area contributed by atoms with Gasteiger partial charge in [-0.1, -0.05) is 11.6 Å². The highest BCUT2D eigenvalue weighted by Crippen LogP contribution is 2.22. The maximum atomic E-state index is 12.0. The van der Waals surface area contributed by atoms with Crippen LogP contribution in [0.15, 0.2) is 39.6 Å². The van der Waals surface area contributed by atoms with Crippen LogP contribution in [0.1, 0.15) is 26.3 Å². The SMILES string of the molecule is Cc1ccc(NC(=O)c2ccoc2Br)c(C(=O)O)c1. The number of aromatic carboxylic acids is 1. The van der Waals surface area contributed by atoms with Gasteiger partial charge in [0.05, 0.1) is 23.1 Å². The van der Waals surface area contributed by atoms with E-state index in [0.717, 1.165) is 5.56 Å². The minimum atomic E-state index is -1.09. The van der Waals surface area contributed by atoms with E-state index < -0.39 is 11.9 Å². The quantitative estimate of drug-likeness (QED) is 0.908. The number of aryl methyl sites for hydroxylation is 1. The number of carbonyl (C=O) groups excluding carboxylic acids is 1. The number of benzene rings is 1. The molecule has 0 bridgehead atoms. The highest BCUT2D eigenvalue weighted by molar-refractivity contribution is 9.10. The summed E-state index contributed by atoms with van der Waals surface area (Å²) in [6, 6.07) is 6.29. The average molecular weight is 324 g/mol. The number of furan rings is 1. The van der Waals surface area contributed by atoms with Crippen LogP contribution in [0.25, 0.3) is 0 Å². The van der Waals surface area contributed by atoms with Crippen molar-refractivity contribution in [3.05, 3.63) is 51.9 Å². The number of hydrogen-bond acceptors (Lipinski definition) is 3. The third-order valence-corrected chi connectivity index (χ3v) is 3.13. The molecule has 0 atom stereocenters. The number of carbonyl (C=O) groups is 2. The number of hydrogen-bond donors (Lipinski definition) is 2. The van der Waals surface area contributed by atoms with Gasteiger partial charge in [-0.2, -0.15) is 0 Å². The molecule has 2 aromatic rings. The highest BCUT2D eigenvalue weighted by Gasteiger charge is 2.16. The van der Waals surface area contributed by atoms with Crippen LogP contribution in [0.4, 0.5) is 5.69 Å². The first kappa shape index (κ1) is 13.4. The molecule has 1 aromatic carbocycles. The van der Waals surface area contributed by atoms with E-state index in [0.29, 0.717) is 10.2 Å². The molecule has 0 saturated heterocycles. The zero-order chi connectivity index (χ0) is 14.0. The third kappa shape index (κ3) is 2.85.